The third-order valence-corrected chi connectivity index (χ3v) is 1.78. The average Bonchev–Trinajstić information content (AvgIpc) is 2.41. The van der Waals surface area contributed by atoms with Crippen molar-refractivity contribution in [3.63, 3.8) is 0 Å². The second kappa shape index (κ2) is 2.20. The van der Waals surface area contributed by atoms with Crippen LogP contribution in [0.25, 0.3) is 10.9 Å². The molecule has 2 rings (SSSR count). The molecule has 2 N–H and O–H groups in total. The van der Waals surface area contributed by atoms with Gasteiger partial charge < -0.3 is 5.73 Å². The van der Waals surface area contributed by atoms with E-state index in [-0.39, 0.29) is 5.82 Å². The zero-order valence-corrected chi connectivity index (χ0v) is 6.58. The molecule has 0 amide bonds. The number of rotatable bonds is 0. The van der Waals surface area contributed by atoms with Crippen molar-refractivity contribution in [1.29, 1.82) is 0 Å². The van der Waals surface area contributed by atoms with Crippen LogP contribution in [0, 0.1) is 5.82 Å². The third kappa shape index (κ3) is 0.845. The first kappa shape index (κ1) is 7.09. The molecule has 0 saturated carbocycles. The van der Waals surface area contributed by atoms with E-state index in [9.17, 15) is 4.39 Å². The van der Waals surface area contributed by atoms with Gasteiger partial charge in [-0.05, 0) is 12.1 Å². The first-order chi connectivity index (χ1) is 5.68. The van der Waals surface area contributed by atoms with Gasteiger partial charge in [0.2, 0.25) is 0 Å². The van der Waals surface area contributed by atoms with Gasteiger partial charge in [0, 0.05) is 24.3 Å². The number of aryl methyl sites for hydroxylation is 1. The maximum Gasteiger partial charge on any atom is 0.151 e. The van der Waals surface area contributed by atoms with Crippen molar-refractivity contribution in [3.8, 4) is 0 Å². The molecule has 0 spiro atoms. The molecule has 62 valence electrons. The average molecular weight is 165 g/mol. The SMILES string of the molecule is Cn1cc2c(N)ccc(F)c2n1. The van der Waals surface area contributed by atoms with Crippen molar-refractivity contribution in [2.75, 3.05) is 5.73 Å². The number of hydrogen-bond acceptors (Lipinski definition) is 2. The molecule has 0 fully saturated rings. The van der Waals surface area contributed by atoms with E-state index in [1.165, 1.54) is 6.07 Å². The van der Waals surface area contributed by atoms with Crippen molar-refractivity contribution < 1.29 is 4.39 Å². The van der Waals surface area contributed by atoms with Crippen molar-refractivity contribution in [3.05, 3.63) is 24.1 Å². The first-order valence-electron chi connectivity index (χ1n) is 3.56. The zero-order chi connectivity index (χ0) is 8.72. The number of nitrogen functional groups attached to an aromatic ring is 1. The summed E-state index contributed by atoms with van der Waals surface area (Å²) >= 11 is 0. The van der Waals surface area contributed by atoms with Gasteiger partial charge in [0.05, 0.1) is 0 Å². The number of aromatic nitrogens is 2. The molecule has 0 aliphatic heterocycles. The first-order valence-corrected chi connectivity index (χ1v) is 3.56. The minimum Gasteiger partial charge on any atom is -0.398 e. The number of hydrogen-bond donors (Lipinski definition) is 1. The van der Waals surface area contributed by atoms with E-state index < -0.39 is 0 Å². The topological polar surface area (TPSA) is 43.8 Å². The smallest absolute Gasteiger partial charge is 0.151 e. The van der Waals surface area contributed by atoms with Gasteiger partial charge in [-0.1, -0.05) is 0 Å². The van der Waals surface area contributed by atoms with E-state index >= 15 is 0 Å². The molecular weight excluding hydrogens is 157 g/mol. The Morgan fingerprint density at radius 2 is 2.25 bits per heavy atom. The summed E-state index contributed by atoms with van der Waals surface area (Å²) in [5.74, 6) is -0.334. The lowest BCUT2D eigenvalue weighted by atomic mass is 10.2. The minimum absolute atomic E-state index is 0.331. The molecule has 1 heterocycles. The molecule has 0 aliphatic rings. The number of halogens is 1. The van der Waals surface area contributed by atoms with Crippen LogP contribution >= 0.6 is 0 Å². The molecule has 1 aromatic heterocycles. The molecule has 12 heavy (non-hydrogen) atoms. The van der Waals surface area contributed by atoms with Crippen molar-refractivity contribution in [2.45, 2.75) is 0 Å². The fraction of sp³-hybridized carbons (Fsp3) is 0.125. The van der Waals surface area contributed by atoms with Gasteiger partial charge in [-0.2, -0.15) is 5.10 Å². The highest BCUT2D eigenvalue weighted by Gasteiger charge is 2.06. The second-order valence-corrected chi connectivity index (χ2v) is 2.70. The fourth-order valence-corrected chi connectivity index (χ4v) is 1.21. The van der Waals surface area contributed by atoms with Gasteiger partial charge in [0.25, 0.3) is 0 Å². The molecule has 0 bridgehead atoms. The Bertz CT molecular complexity index is 394. The summed E-state index contributed by atoms with van der Waals surface area (Å²) in [7, 11) is 1.74. The van der Waals surface area contributed by atoms with Crippen LogP contribution in [-0.2, 0) is 7.05 Å². The van der Waals surface area contributed by atoms with Crippen LogP contribution in [-0.4, -0.2) is 9.78 Å². The van der Waals surface area contributed by atoms with E-state index in [2.05, 4.69) is 5.10 Å². The summed E-state index contributed by atoms with van der Waals surface area (Å²) in [6.45, 7) is 0. The molecule has 0 atom stereocenters. The van der Waals surface area contributed by atoms with Gasteiger partial charge in [0.15, 0.2) is 5.82 Å². The molecule has 0 radical (unpaired) electrons. The molecular formula is C8H8FN3. The quantitative estimate of drug-likeness (QED) is 0.598. The summed E-state index contributed by atoms with van der Waals surface area (Å²) in [4.78, 5) is 0. The number of fused-ring (bicyclic) bond motifs is 1. The van der Waals surface area contributed by atoms with E-state index in [0.717, 1.165) is 0 Å². The van der Waals surface area contributed by atoms with Crippen molar-refractivity contribution in [2.24, 2.45) is 7.05 Å². The maximum absolute atomic E-state index is 13.0. The Morgan fingerprint density at radius 3 is 2.92 bits per heavy atom. The summed E-state index contributed by atoms with van der Waals surface area (Å²) in [6.07, 6.45) is 1.70. The number of nitrogens with zero attached hydrogens (tertiary/aromatic N) is 2. The van der Waals surface area contributed by atoms with Gasteiger partial charge in [-0.3, -0.25) is 4.68 Å². The second-order valence-electron chi connectivity index (χ2n) is 2.70. The molecule has 0 unspecified atom stereocenters. The fourth-order valence-electron chi connectivity index (χ4n) is 1.21. The van der Waals surface area contributed by atoms with Crippen molar-refractivity contribution in [1.82, 2.24) is 9.78 Å². The summed E-state index contributed by atoms with van der Waals surface area (Å²) < 4.78 is 14.6. The Balaban J connectivity index is 2.93. The van der Waals surface area contributed by atoms with E-state index in [4.69, 9.17) is 5.73 Å². The van der Waals surface area contributed by atoms with Gasteiger partial charge >= 0.3 is 0 Å². The number of nitrogens with two attached hydrogens (primary N) is 1. The monoisotopic (exact) mass is 165 g/mol. The molecule has 0 saturated heterocycles. The Labute approximate surface area is 68.6 Å². The van der Waals surface area contributed by atoms with Crippen LogP contribution in [0.2, 0.25) is 0 Å². The summed E-state index contributed by atoms with van der Waals surface area (Å²) in [6, 6.07) is 2.87. The van der Waals surface area contributed by atoms with Crippen LogP contribution in [0.5, 0.6) is 0 Å². The zero-order valence-electron chi connectivity index (χ0n) is 6.58. The van der Waals surface area contributed by atoms with Crippen LogP contribution in [0.3, 0.4) is 0 Å². The van der Waals surface area contributed by atoms with Crippen LogP contribution < -0.4 is 5.73 Å². The number of anilines is 1. The predicted octanol–water partition coefficient (Wildman–Crippen LogP) is 1.29. The van der Waals surface area contributed by atoms with E-state index in [1.807, 2.05) is 0 Å². The van der Waals surface area contributed by atoms with Crippen LogP contribution in [0.15, 0.2) is 18.3 Å². The molecule has 1 aromatic carbocycles. The minimum atomic E-state index is -0.334. The predicted molar refractivity (Wildman–Crippen MR) is 45.1 cm³/mol. The maximum atomic E-state index is 13.0. The largest absolute Gasteiger partial charge is 0.398 e. The summed E-state index contributed by atoms with van der Waals surface area (Å²) in [5.41, 5.74) is 6.50. The van der Waals surface area contributed by atoms with E-state index in [0.29, 0.717) is 16.6 Å². The third-order valence-electron chi connectivity index (χ3n) is 1.78. The highest BCUT2D eigenvalue weighted by molar-refractivity contribution is 5.90. The highest BCUT2D eigenvalue weighted by Crippen LogP contribution is 2.21. The van der Waals surface area contributed by atoms with Gasteiger partial charge in [-0.15, -0.1) is 0 Å². The summed E-state index contributed by atoms with van der Waals surface area (Å²) in [5, 5.41) is 4.60. The molecule has 4 heteroatoms. The lowest BCUT2D eigenvalue weighted by molar-refractivity contribution is 0.632. The van der Waals surface area contributed by atoms with Gasteiger partial charge in [0.1, 0.15) is 5.52 Å². The van der Waals surface area contributed by atoms with Crippen LogP contribution in [0.4, 0.5) is 10.1 Å². The van der Waals surface area contributed by atoms with Crippen molar-refractivity contribution >= 4 is 16.6 Å². The Hall–Kier alpha value is -1.58. The lowest BCUT2D eigenvalue weighted by Gasteiger charge is -1.93. The van der Waals surface area contributed by atoms with Gasteiger partial charge in [-0.25, -0.2) is 4.39 Å². The number of benzene rings is 1. The lowest BCUT2D eigenvalue weighted by Crippen LogP contribution is -1.87. The molecule has 3 nitrogen and oxygen atoms in total. The molecule has 2 aromatic rings. The van der Waals surface area contributed by atoms with E-state index in [1.54, 1.807) is 24.0 Å². The highest BCUT2D eigenvalue weighted by atomic mass is 19.1. The normalized spacial score (nSPS) is 10.8. The Kier molecular flexibility index (Phi) is 1.30. The Morgan fingerprint density at radius 1 is 1.50 bits per heavy atom. The van der Waals surface area contributed by atoms with Crippen LogP contribution in [0.1, 0.15) is 0 Å². The molecule has 0 aliphatic carbocycles. The standard InChI is InChI=1S/C8H8FN3/c1-12-4-5-7(10)3-2-6(9)8(5)11-12/h2-4H,10H2,1H3.